The number of halogens is 1. The van der Waals surface area contributed by atoms with Gasteiger partial charge in [-0.05, 0) is 31.0 Å². The van der Waals surface area contributed by atoms with E-state index in [1.807, 2.05) is 18.2 Å². The van der Waals surface area contributed by atoms with Crippen molar-refractivity contribution in [2.45, 2.75) is 12.8 Å². The van der Waals surface area contributed by atoms with Gasteiger partial charge in [-0.3, -0.25) is 4.79 Å². The van der Waals surface area contributed by atoms with E-state index in [0.717, 1.165) is 14.7 Å². The zero-order valence-corrected chi connectivity index (χ0v) is 15.7. The van der Waals surface area contributed by atoms with E-state index in [1.165, 1.54) is 21.9 Å². The summed E-state index contributed by atoms with van der Waals surface area (Å²) in [6, 6.07) is 5.74. The van der Waals surface area contributed by atoms with Gasteiger partial charge < -0.3 is 5.32 Å². The topological polar surface area (TPSA) is 79.4 Å². The third-order valence-electron chi connectivity index (χ3n) is 3.80. The van der Waals surface area contributed by atoms with Crippen LogP contribution in [0.4, 0.5) is 5.13 Å². The first kappa shape index (κ1) is 16.8. The zero-order chi connectivity index (χ0) is 16.6. The molecule has 1 aliphatic heterocycles. The van der Waals surface area contributed by atoms with Crippen molar-refractivity contribution in [3.05, 3.63) is 22.7 Å². The number of rotatable bonds is 3. The van der Waals surface area contributed by atoms with E-state index >= 15 is 0 Å². The fourth-order valence-electron chi connectivity index (χ4n) is 2.62. The molecule has 0 saturated carbocycles. The summed E-state index contributed by atoms with van der Waals surface area (Å²) in [5.74, 6) is -0.506. The number of sulfonamides is 1. The Hall–Kier alpha value is -1.03. The largest absolute Gasteiger partial charge is 0.302 e. The van der Waals surface area contributed by atoms with Crippen molar-refractivity contribution in [3.63, 3.8) is 0 Å². The molecule has 0 aliphatic carbocycles. The van der Waals surface area contributed by atoms with E-state index in [-0.39, 0.29) is 18.4 Å². The predicted molar refractivity (Wildman–Crippen MR) is 95.1 cm³/mol. The fourth-order valence-corrected chi connectivity index (χ4v) is 4.95. The quantitative estimate of drug-likeness (QED) is 0.832. The first-order valence-corrected chi connectivity index (χ1v) is 10.6. The predicted octanol–water partition coefficient (Wildman–Crippen LogP) is 2.67. The van der Waals surface area contributed by atoms with Crippen LogP contribution < -0.4 is 5.32 Å². The molecular weight excluding hydrogens is 402 g/mol. The van der Waals surface area contributed by atoms with Gasteiger partial charge in [0, 0.05) is 17.6 Å². The molecular formula is C14H16BrN3O3S2. The number of amides is 1. The molecule has 2 aromatic rings. The monoisotopic (exact) mass is 417 g/mol. The minimum absolute atomic E-state index is 0.170. The van der Waals surface area contributed by atoms with Gasteiger partial charge >= 0.3 is 0 Å². The molecule has 1 fully saturated rings. The Labute approximate surface area is 147 Å². The minimum atomic E-state index is -3.26. The number of anilines is 1. The lowest BCUT2D eigenvalue weighted by molar-refractivity contribution is -0.120. The van der Waals surface area contributed by atoms with Gasteiger partial charge in [0.2, 0.25) is 15.9 Å². The highest BCUT2D eigenvalue weighted by atomic mass is 79.9. The average Bonchev–Trinajstić information content (AvgIpc) is 2.87. The van der Waals surface area contributed by atoms with Crippen LogP contribution in [-0.2, 0) is 14.8 Å². The average molecular weight is 418 g/mol. The van der Waals surface area contributed by atoms with Crippen molar-refractivity contribution in [2.24, 2.45) is 5.92 Å². The van der Waals surface area contributed by atoms with Gasteiger partial charge in [0.25, 0.3) is 0 Å². The Kier molecular flexibility index (Phi) is 4.73. The van der Waals surface area contributed by atoms with Crippen LogP contribution in [-0.4, -0.2) is 43.0 Å². The molecule has 9 heteroatoms. The van der Waals surface area contributed by atoms with Crippen LogP contribution in [0.3, 0.4) is 0 Å². The van der Waals surface area contributed by atoms with E-state index < -0.39 is 10.0 Å². The lowest BCUT2D eigenvalue weighted by Crippen LogP contribution is -2.43. The molecule has 0 radical (unpaired) electrons. The van der Waals surface area contributed by atoms with Gasteiger partial charge in [-0.15, -0.1) is 0 Å². The summed E-state index contributed by atoms with van der Waals surface area (Å²) in [6.45, 7) is 0.721. The van der Waals surface area contributed by atoms with Gasteiger partial charge in [0.1, 0.15) is 0 Å². The van der Waals surface area contributed by atoms with Gasteiger partial charge in [0.15, 0.2) is 5.13 Å². The summed E-state index contributed by atoms with van der Waals surface area (Å²) in [5.41, 5.74) is 0.829. The SMILES string of the molecule is CS(=O)(=O)N1CCCC(C(=O)Nc2nc3ccc(Br)cc3s2)C1. The lowest BCUT2D eigenvalue weighted by atomic mass is 9.99. The molecule has 1 aromatic carbocycles. The second-order valence-corrected chi connectivity index (χ2v) is 9.51. The number of thiazole rings is 1. The molecule has 1 amide bonds. The lowest BCUT2D eigenvalue weighted by Gasteiger charge is -2.29. The first-order chi connectivity index (χ1) is 10.8. The number of fused-ring (bicyclic) bond motifs is 1. The van der Waals surface area contributed by atoms with Crippen LogP contribution in [0.2, 0.25) is 0 Å². The fraction of sp³-hybridized carbons (Fsp3) is 0.429. The number of nitrogens with zero attached hydrogens (tertiary/aromatic N) is 2. The van der Waals surface area contributed by atoms with Crippen LogP contribution in [0.15, 0.2) is 22.7 Å². The molecule has 2 heterocycles. The van der Waals surface area contributed by atoms with E-state index in [4.69, 9.17) is 0 Å². The number of carbonyl (C=O) groups excluding carboxylic acids is 1. The second kappa shape index (κ2) is 6.46. The van der Waals surface area contributed by atoms with Crippen LogP contribution >= 0.6 is 27.3 Å². The highest BCUT2D eigenvalue weighted by Gasteiger charge is 2.30. The molecule has 6 nitrogen and oxygen atoms in total. The number of hydrogen-bond donors (Lipinski definition) is 1. The number of aromatic nitrogens is 1. The molecule has 124 valence electrons. The molecule has 1 saturated heterocycles. The molecule has 0 bridgehead atoms. The number of hydrogen-bond acceptors (Lipinski definition) is 5. The molecule has 3 rings (SSSR count). The maximum absolute atomic E-state index is 12.4. The van der Waals surface area contributed by atoms with E-state index in [0.29, 0.717) is 24.5 Å². The summed E-state index contributed by atoms with van der Waals surface area (Å²) in [4.78, 5) is 16.8. The number of nitrogens with one attached hydrogen (secondary N) is 1. The Morgan fingerprint density at radius 2 is 2.26 bits per heavy atom. The highest BCUT2D eigenvalue weighted by molar-refractivity contribution is 9.10. The smallest absolute Gasteiger partial charge is 0.230 e. The number of benzene rings is 1. The van der Waals surface area contributed by atoms with E-state index in [9.17, 15) is 13.2 Å². The Balaban J connectivity index is 1.72. The van der Waals surface area contributed by atoms with Gasteiger partial charge in [0.05, 0.1) is 22.4 Å². The third-order valence-corrected chi connectivity index (χ3v) is 6.50. The Morgan fingerprint density at radius 1 is 1.48 bits per heavy atom. The van der Waals surface area contributed by atoms with Crippen molar-refractivity contribution in [3.8, 4) is 0 Å². The Morgan fingerprint density at radius 3 is 3.00 bits per heavy atom. The normalized spacial score (nSPS) is 19.8. The molecule has 23 heavy (non-hydrogen) atoms. The van der Waals surface area contributed by atoms with Crippen LogP contribution in [0.1, 0.15) is 12.8 Å². The molecule has 1 atom stereocenters. The van der Waals surface area contributed by atoms with Crippen LogP contribution in [0.25, 0.3) is 10.2 Å². The summed E-state index contributed by atoms with van der Waals surface area (Å²) in [6.07, 6.45) is 2.56. The maximum atomic E-state index is 12.4. The summed E-state index contributed by atoms with van der Waals surface area (Å²) >= 11 is 4.81. The molecule has 1 N–H and O–H groups in total. The van der Waals surface area contributed by atoms with Crippen LogP contribution in [0.5, 0.6) is 0 Å². The third kappa shape index (κ3) is 3.90. The molecule has 0 spiro atoms. The van der Waals surface area contributed by atoms with Crippen molar-refractivity contribution < 1.29 is 13.2 Å². The minimum Gasteiger partial charge on any atom is -0.302 e. The summed E-state index contributed by atoms with van der Waals surface area (Å²) in [7, 11) is -3.26. The van der Waals surface area contributed by atoms with Crippen molar-refractivity contribution in [1.82, 2.24) is 9.29 Å². The highest BCUT2D eigenvalue weighted by Crippen LogP contribution is 2.29. The molecule has 1 aromatic heterocycles. The van der Waals surface area contributed by atoms with Gasteiger partial charge in [-0.25, -0.2) is 17.7 Å². The van der Waals surface area contributed by atoms with Gasteiger partial charge in [-0.2, -0.15) is 0 Å². The standard InChI is InChI=1S/C14H16BrN3O3S2/c1-23(20,21)18-6-2-3-9(8-18)13(19)17-14-16-11-5-4-10(15)7-12(11)22-14/h4-5,7,9H,2-3,6,8H2,1H3,(H,16,17,19). The van der Waals surface area contributed by atoms with Crippen molar-refractivity contribution in [2.75, 3.05) is 24.7 Å². The van der Waals surface area contributed by atoms with Crippen molar-refractivity contribution >= 4 is 58.5 Å². The molecule has 1 unspecified atom stereocenters. The summed E-state index contributed by atoms with van der Waals surface area (Å²) in [5, 5.41) is 3.37. The number of carbonyl (C=O) groups is 1. The second-order valence-electron chi connectivity index (χ2n) is 5.58. The summed E-state index contributed by atoms with van der Waals surface area (Å²) < 4.78 is 26.6. The maximum Gasteiger partial charge on any atom is 0.230 e. The van der Waals surface area contributed by atoms with Crippen molar-refractivity contribution in [1.29, 1.82) is 0 Å². The first-order valence-electron chi connectivity index (χ1n) is 7.15. The number of piperidine rings is 1. The van der Waals surface area contributed by atoms with Crippen LogP contribution in [0, 0.1) is 5.92 Å². The zero-order valence-electron chi connectivity index (χ0n) is 12.5. The molecule has 1 aliphatic rings. The Bertz CT molecular complexity index is 850. The van der Waals surface area contributed by atoms with E-state index in [2.05, 4.69) is 26.2 Å². The van der Waals surface area contributed by atoms with E-state index in [1.54, 1.807) is 0 Å². The van der Waals surface area contributed by atoms with Gasteiger partial charge in [-0.1, -0.05) is 27.3 Å².